The highest BCUT2D eigenvalue weighted by Crippen LogP contribution is 2.19. The quantitative estimate of drug-likeness (QED) is 0.689. The Morgan fingerprint density at radius 1 is 1.22 bits per heavy atom. The normalized spacial score (nSPS) is 14.1. The lowest BCUT2D eigenvalue weighted by Gasteiger charge is -2.27. The maximum atomic E-state index is 11.8. The van der Waals surface area contributed by atoms with Gasteiger partial charge in [-0.1, -0.05) is 20.8 Å². The fraction of sp³-hybridized carbons (Fsp3) is 0.800. The van der Waals surface area contributed by atoms with E-state index in [2.05, 4.69) is 5.32 Å². The van der Waals surface area contributed by atoms with E-state index in [1.54, 1.807) is 20.8 Å². The van der Waals surface area contributed by atoms with Gasteiger partial charge < -0.3 is 15.7 Å². The Bertz CT molecular complexity index is 310. The first kappa shape index (κ1) is 16.7. The van der Waals surface area contributed by atoms with Crippen LogP contribution in [0.3, 0.4) is 0 Å². The average molecular weight is 270 g/mol. The van der Waals surface area contributed by atoms with Gasteiger partial charge in [0.15, 0.2) is 0 Å². The monoisotopic (exact) mass is 270 g/mol. The minimum atomic E-state index is -4.41. The highest BCUT2D eigenvalue weighted by atomic mass is 19.4. The molecule has 0 aliphatic rings. The van der Waals surface area contributed by atoms with Crippen molar-refractivity contribution in [3.05, 3.63) is 0 Å². The van der Waals surface area contributed by atoms with Gasteiger partial charge in [0, 0.05) is 0 Å². The first-order chi connectivity index (χ1) is 7.93. The van der Waals surface area contributed by atoms with Crippen molar-refractivity contribution in [2.45, 2.75) is 33.0 Å². The molecule has 0 saturated heterocycles. The summed E-state index contributed by atoms with van der Waals surface area (Å²) >= 11 is 0. The standard InChI is InChI=1S/C10H17F3N2O3/c1-9(2,3)7(8(17)18)15-6(16)4-14-5-10(11,12)13/h7,14H,4-5H2,1-3H3,(H,15,16)(H,17,18)/t7-/m1/s1. The van der Waals surface area contributed by atoms with Crippen molar-refractivity contribution < 1.29 is 27.9 Å². The molecule has 0 aromatic rings. The number of halogens is 3. The third kappa shape index (κ3) is 7.10. The van der Waals surface area contributed by atoms with Crippen molar-refractivity contribution in [1.82, 2.24) is 10.6 Å². The highest BCUT2D eigenvalue weighted by Gasteiger charge is 2.32. The van der Waals surface area contributed by atoms with Gasteiger partial charge in [0.1, 0.15) is 6.04 Å². The molecule has 0 bridgehead atoms. The minimum absolute atomic E-state index is 0.584. The first-order valence-corrected chi connectivity index (χ1v) is 5.23. The fourth-order valence-corrected chi connectivity index (χ4v) is 1.18. The molecule has 106 valence electrons. The zero-order valence-corrected chi connectivity index (χ0v) is 10.4. The largest absolute Gasteiger partial charge is 0.480 e. The van der Waals surface area contributed by atoms with Crippen molar-refractivity contribution in [2.24, 2.45) is 5.41 Å². The van der Waals surface area contributed by atoms with Gasteiger partial charge in [-0.15, -0.1) is 0 Å². The smallest absolute Gasteiger partial charge is 0.401 e. The summed E-state index contributed by atoms with van der Waals surface area (Å²) in [4.78, 5) is 22.2. The maximum absolute atomic E-state index is 11.8. The fourth-order valence-electron chi connectivity index (χ4n) is 1.18. The molecule has 18 heavy (non-hydrogen) atoms. The third-order valence-electron chi connectivity index (χ3n) is 2.03. The van der Waals surface area contributed by atoms with Gasteiger partial charge in [0.05, 0.1) is 13.1 Å². The predicted molar refractivity (Wildman–Crippen MR) is 57.9 cm³/mol. The van der Waals surface area contributed by atoms with Gasteiger partial charge in [0.25, 0.3) is 0 Å². The Hall–Kier alpha value is -1.31. The van der Waals surface area contributed by atoms with Crippen LogP contribution in [-0.4, -0.2) is 42.3 Å². The van der Waals surface area contributed by atoms with Crippen LogP contribution in [0.2, 0.25) is 0 Å². The lowest BCUT2D eigenvalue weighted by atomic mass is 9.87. The maximum Gasteiger partial charge on any atom is 0.401 e. The van der Waals surface area contributed by atoms with Crippen molar-refractivity contribution in [1.29, 1.82) is 0 Å². The molecule has 0 heterocycles. The molecule has 0 rings (SSSR count). The van der Waals surface area contributed by atoms with E-state index in [9.17, 15) is 22.8 Å². The third-order valence-corrected chi connectivity index (χ3v) is 2.03. The molecule has 0 aliphatic carbocycles. The topological polar surface area (TPSA) is 78.4 Å². The van der Waals surface area contributed by atoms with E-state index >= 15 is 0 Å². The van der Waals surface area contributed by atoms with Gasteiger partial charge in [-0.25, -0.2) is 4.79 Å². The molecule has 0 radical (unpaired) electrons. The molecule has 0 aliphatic heterocycles. The van der Waals surface area contributed by atoms with Crippen LogP contribution in [0.5, 0.6) is 0 Å². The van der Waals surface area contributed by atoms with E-state index in [0.29, 0.717) is 0 Å². The number of hydrogen-bond acceptors (Lipinski definition) is 3. The van der Waals surface area contributed by atoms with Crippen LogP contribution < -0.4 is 10.6 Å². The van der Waals surface area contributed by atoms with Crippen LogP contribution in [-0.2, 0) is 9.59 Å². The number of carboxylic acids is 1. The number of carbonyl (C=O) groups is 2. The molecule has 0 fully saturated rings. The van der Waals surface area contributed by atoms with Crippen molar-refractivity contribution >= 4 is 11.9 Å². The highest BCUT2D eigenvalue weighted by molar-refractivity contribution is 5.85. The Balaban J connectivity index is 4.25. The first-order valence-electron chi connectivity index (χ1n) is 5.23. The van der Waals surface area contributed by atoms with Gasteiger partial charge >= 0.3 is 12.1 Å². The number of carboxylic acid groups (broad SMARTS) is 1. The Labute approximate surface area is 103 Å². The lowest BCUT2D eigenvalue weighted by molar-refractivity contribution is -0.145. The SMILES string of the molecule is CC(C)(C)[C@H](NC(=O)CNCC(F)(F)F)C(=O)O. The number of carbonyl (C=O) groups excluding carboxylic acids is 1. The number of hydrogen-bond donors (Lipinski definition) is 3. The second-order valence-electron chi connectivity index (χ2n) is 4.92. The molecule has 3 N–H and O–H groups in total. The van der Waals surface area contributed by atoms with Crippen LogP contribution >= 0.6 is 0 Å². The van der Waals surface area contributed by atoms with E-state index in [1.807, 2.05) is 5.32 Å². The predicted octanol–water partition coefficient (Wildman–Crippen LogP) is 0.754. The molecule has 0 aromatic carbocycles. The number of nitrogens with one attached hydrogen (secondary N) is 2. The summed E-state index contributed by atoms with van der Waals surface area (Å²) in [6, 6.07) is -1.15. The molecule has 0 unspecified atom stereocenters. The van der Waals surface area contributed by atoms with Gasteiger partial charge in [0.2, 0.25) is 5.91 Å². The minimum Gasteiger partial charge on any atom is -0.480 e. The van der Waals surface area contributed by atoms with E-state index in [0.717, 1.165) is 0 Å². The van der Waals surface area contributed by atoms with E-state index < -0.39 is 42.6 Å². The van der Waals surface area contributed by atoms with Crippen molar-refractivity contribution in [3.8, 4) is 0 Å². The summed E-state index contributed by atoms with van der Waals surface area (Å²) < 4.78 is 35.4. The Morgan fingerprint density at radius 3 is 2.06 bits per heavy atom. The molecular formula is C10H17F3N2O3. The molecule has 8 heteroatoms. The summed E-state index contributed by atoms with van der Waals surface area (Å²) in [5.41, 5.74) is -0.731. The number of amides is 1. The summed E-state index contributed by atoms with van der Waals surface area (Å²) in [5.74, 6) is -2.02. The zero-order valence-electron chi connectivity index (χ0n) is 10.4. The average Bonchev–Trinajstić information content (AvgIpc) is 2.09. The molecule has 1 amide bonds. The number of aliphatic carboxylic acids is 1. The molecule has 5 nitrogen and oxygen atoms in total. The Kier molecular flexibility index (Phi) is 5.59. The lowest BCUT2D eigenvalue weighted by Crippen LogP contribution is -2.51. The van der Waals surface area contributed by atoms with E-state index in [-0.39, 0.29) is 0 Å². The van der Waals surface area contributed by atoms with E-state index in [4.69, 9.17) is 5.11 Å². The second kappa shape index (κ2) is 6.03. The van der Waals surface area contributed by atoms with Crippen molar-refractivity contribution in [2.75, 3.05) is 13.1 Å². The molecule has 0 saturated carbocycles. The van der Waals surface area contributed by atoms with Gasteiger partial charge in [-0.05, 0) is 5.41 Å². The molecule has 0 spiro atoms. The summed E-state index contributed by atoms with van der Waals surface area (Å²) in [7, 11) is 0. The molecule has 1 atom stereocenters. The van der Waals surface area contributed by atoms with E-state index in [1.165, 1.54) is 0 Å². The van der Waals surface area contributed by atoms with Gasteiger partial charge in [-0.2, -0.15) is 13.2 Å². The molecule has 0 aromatic heterocycles. The van der Waals surface area contributed by atoms with Crippen LogP contribution in [0.25, 0.3) is 0 Å². The number of alkyl halides is 3. The Morgan fingerprint density at radius 2 is 1.72 bits per heavy atom. The number of rotatable bonds is 5. The van der Waals surface area contributed by atoms with Crippen LogP contribution in [0.4, 0.5) is 13.2 Å². The summed E-state index contributed by atoms with van der Waals surface area (Å²) in [5, 5.41) is 13.0. The molecular weight excluding hydrogens is 253 g/mol. The summed E-state index contributed by atoms with van der Waals surface area (Å²) in [6.45, 7) is 2.94. The summed E-state index contributed by atoms with van der Waals surface area (Å²) in [6.07, 6.45) is -4.41. The second-order valence-corrected chi connectivity index (χ2v) is 4.92. The van der Waals surface area contributed by atoms with Crippen LogP contribution in [0, 0.1) is 5.41 Å². The van der Waals surface area contributed by atoms with Crippen molar-refractivity contribution in [3.63, 3.8) is 0 Å². The van der Waals surface area contributed by atoms with Crippen LogP contribution in [0.1, 0.15) is 20.8 Å². The zero-order chi connectivity index (χ0) is 14.6. The van der Waals surface area contributed by atoms with Gasteiger partial charge in [-0.3, -0.25) is 4.79 Å². The van der Waals surface area contributed by atoms with Crippen LogP contribution in [0.15, 0.2) is 0 Å².